The number of aromatic nitrogens is 2. The molecule has 2 amide bonds. The number of imide groups is 1. The maximum Gasteiger partial charge on any atom is 0.414 e. The molecular formula is C16H21N4O4+. The molecule has 1 aromatic carbocycles. The number of quaternary nitrogens is 1. The normalized spacial score (nSPS) is 11.9. The fourth-order valence-electron chi connectivity index (χ4n) is 2.32. The fourth-order valence-corrected chi connectivity index (χ4v) is 2.32. The number of hydrogen-bond acceptors (Lipinski definition) is 5. The molecule has 2 aromatic rings. The topological polar surface area (TPSA) is 106 Å². The predicted octanol–water partition coefficient (Wildman–Crippen LogP) is -0.399. The van der Waals surface area contributed by atoms with Crippen molar-refractivity contribution in [2.75, 3.05) is 19.7 Å². The number of ether oxygens (including phenoxy) is 1. The van der Waals surface area contributed by atoms with Crippen LogP contribution < -0.4 is 15.8 Å². The van der Waals surface area contributed by atoms with Crippen molar-refractivity contribution in [3.8, 4) is 0 Å². The van der Waals surface area contributed by atoms with Gasteiger partial charge in [-0.15, -0.1) is 0 Å². The van der Waals surface area contributed by atoms with E-state index in [-0.39, 0.29) is 18.7 Å². The molecule has 0 radical (unpaired) electrons. The Morgan fingerprint density at radius 1 is 1.29 bits per heavy atom. The van der Waals surface area contributed by atoms with Crippen LogP contribution in [0.1, 0.15) is 19.7 Å². The Balaban J connectivity index is 2.06. The van der Waals surface area contributed by atoms with E-state index in [1.54, 1.807) is 25.1 Å². The first kappa shape index (κ1) is 17.6. The van der Waals surface area contributed by atoms with Crippen molar-refractivity contribution in [1.29, 1.82) is 0 Å². The highest BCUT2D eigenvalue weighted by atomic mass is 16.5. The molecule has 0 fully saturated rings. The smallest absolute Gasteiger partial charge is 0.414 e. The molecule has 2 rings (SSSR count). The second kappa shape index (κ2) is 8.21. The highest BCUT2D eigenvalue weighted by Gasteiger charge is 2.17. The van der Waals surface area contributed by atoms with Gasteiger partial charge in [0.05, 0.1) is 24.1 Å². The van der Waals surface area contributed by atoms with E-state index in [1.165, 1.54) is 0 Å². The minimum Gasteiger partial charge on any atom is -0.450 e. The maximum absolute atomic E-state index is 12.1. The zero-order chi connectivity index (χ0) is 17.5. The summed E-state index contributed by atoms with van der Waals surface area (Å²) in [5.74, 6) is 0.0629. The average Bonchev–Trinajstić information content (AvgIpc) is 2.54. The quantitative estimate of drug-likeness (QED) is 0.667. The number of H-pyrrole nitrogens is 1. The van der Waals surface area contributed by atoms with Gasteiger partial charge in [0.15, 0.2) is 12.4 Å². The molecule has 0 aliphatic rings. The van der Waals surface area contributed by atoms with E-state index in [0.29, 0.717) is 29.8 Å². The van der Waals surface area contributed by atoms with Crippen molar-refractivity contribution in [3.05, 3.63) is 40.4 Å². The molecule has 0 aliphatic heterocycles. The van der Waals surface area contributed by atoms with Gasteiger partial charge in [0, 0.05) is 0 Å². The van der Waals surface area contributed by atoms with Crippen LogP contribution in [0.3, 0.4) is 0 Å². The Labute approximate surface area is 138 Å². The molecule has 1 unspecified atom stereocenters. The molecule has 0 bridgehead atoms. The summed E-state index contributed by atoms with van der Waals surface area (Å²) < 4.78 is 4.67. The average molecular weight is 333 g/mol. The molecule has 1 aromatic heterocycles. The van der Waals surface area contributed by atoms with Crippen LogP contribution >= 0.6 is 0 Å². The third-order valence-electron chi connectivity index (χ3n) is 3.51. The van der Waals surface area contributed by atoms with Crippen LogP contribution in [0.25, 0.3) is 10.9 Å². The Morgan fingerprint density at radius 2 is 2.04 bits per heavy atom. The number of alkyl carbamates (subject to hydrolysis) is 1. The molecule has 0 saturated carbocycles. The zero-order valence-electron chi connectivity index (χ0n) is 13.7. The van der Waals surface area contributed by atoms with E-state index in [1.807, 2.05) is 13.0 Å². The minimum absolute atomic E-state index is 0.0752. The van der Waals surface area contributed by atoms with E-state index < -0.39 is 12.0 Å². The number of aromatic amines is 1. The number of likely N-dealkylation sites (N-methyl/N-ethyl adjacent to an activating group) is 1. The fraction of sp³-hybridized carbons (Fsp3) is 0.375. The SMILES string of the molecule is CCOC(=O)NC(=O)C[NH+](CC)Cc1nc2ccccc2c(=O)[nH]1. The van der Waals surface area contributed by atoms with Crippen LogP contribution in [0.15, 0.2) is 29.1 Å². The van der Waals surface area contributed by atoms with Gasteiger partial charge in [-0.1, -0.05) is 12.1 Å². The van der Waals surface area contributed by atoms with Crippen molar-refractivity contribution >= 4 is 22.9 Å². The molecule has 1 atom stereocenters. The third-order valence-corrected chi connectivity index (χ3v) is 3.51. The summed E-state index contributed by atoms with van der Waals surface area (Å²) in [6.45, 7) is 4.85. The summed E-state index contributed by atoms with van der Waals surface area (Å²) in [5.41, 5.74) is 0.407. The van der Waals surface area contributed by atoms with E-state index in [9.17, 15) is 14.4 Å². The first-order valence-electron chi connectivity index (χ1n) is 7.81. The van der Waals surface area contributed by atoms with Crippen molar-refractivity contribution in [1.82, 2.24) is 15.3 Å². The number of carbonyl (C=O) groups is 2. The van der Waals surface area contributed by atoms with Gasteiger partial charge < -0.3 is 14.6 Å². The number of para-hydroxylation sites is 1. The van der Waals surface area contributed by atoms with Crippen LogP contribution in [-0.2, 0) is 16.1 Å². The first-order chi connectivity index (χ1) is 11.5. The van der Waals surface area contributed by atoms with Crippen LogP contribution in [-0.4, -0.2) is 41.7 Å². The summed E-state index contributed by atoms with van der Waals surface area (Å²) in [4.78, 5) is 43.2. The molecule has 1 heterocycles. The standard InChI is InChI=1S/C16H20N4O4/c1-3-20(10-14(21)19-16(23)24-4-2)9-13-17-12-8-6-5-7-11(12)15(22)18-13/h5-8H,3-4,9-10H2,1-2H3,(H,17,18,22)(H,19,21,23)/p+1. The maximum atomic E-state index is 12.1. The van der Waals surface area contributed by atoms with E-state index in [4.69, 9.17) is 0 Å². The van der Waals surface area contributed by atoms with Crippen molar-refractivity contribution < 1.29 is 19.2 Å². The van der Waals surface area contributed by atoms with Gasteiger partial charge in [-0.2, -0.15) is 0 Å². The number of benzene rings is 1. The largest absolute Gasteiger partial charge is 0.450 e. The van der Waals surface area contributed by atoms with Crippen LogP contribution in [0.5, 0.6) is 0 Å². The second-order valence-electron chi connectivity index (χ2n) is 5.26. The number of carbonyl (C=O) groups excluding carboxylic acids is 2. The van der Waals surface area contributed by atoms with Crippen LogP contribution in [0.2, 0.25) is 0 Å². The Kier molecular flexibility index (Phi) is 6.02. The molecule has 3 N–H and O–H groups in total. The molecule has 0 saturated heterocycles. The Hall–Kier alpha value is -2.74. The molecule has 24 heavy (non-hydrogen) atoms. The molecule has 8 nitrogen and oxygen atoms in total. The predicted molar refractivity (Wildman–Crippen MR) is 87.6 cm³/mol. The monoisotopic (exact) mass is 333 g/mol. The lowest BCUT2D eigenvalue weighted by Crippen LogP contribution is -3.11. The van der Waals surface area contributed by atoms with Crippen LogP contribution in [0, 0.1) is 0 Å². The summed E-state index contributed by atoms with van der Waals surface area (Å²) in [7, 11) is 0. The highest BCUT2D eigenvalue weighted by molar-refractivity contribution is 5.92. The molecule has 0 aliphatic carbocycles. The van der Waals surface area contributed by atoms with Crippen molar-refractivity contribution in [2.45, 2.75) is 20.4 Å². The van der Waals surface area contributed by atoms with E-state index in [2.05, 4.69) is 20.0 Å². The lowest BCUT2D eigenvalue weighted by Gasteiger charge is -2.16. The number of amides is 2. The number of nitrogens with zero attached hydrogens (tertiary/aromatic N) is 1. The molecule has 8 heteroatoms. The van der Waals surface area contributed by atoms with Gasteiger partial charge in [-0.05, 0) is 26.0 Å². The van der Waals surface area contributed by atoms with Gasteiger partial charge in [0.25, 0.3) is 11.5 Å². The van der Waals surface area contributed by atoms with Gasteiger partial charge in [-0.3, -0.25) is 14.9 Å². The highest BCUT2D eigenvalue weighted by Crippen LogP contribution is 2.04. The van der Waals surface area contributed by atoms with Gasteiger partial charge in [-0.25, -0.2) is 9.78 Å². The van der Waals surface area contributed by atoms with Gasteiger partial charge >= 0.3 is 6.09 Å². The van der Waals surface area contributed by atoms with Gasteiger partial charge in [0.2, 0.25) is 0 Å². The molecule has 128 valence electrons. The lowest BCUT2D eigenvalue weighted by molar-refractivity contribution is -0.904. The number of hydrogen-bond donors (Lipinski definition) is 3. The number of fused-ring (bicyclic) bond motifs is 1. The Bertz CT molecular complexity index is 787. The van der Waals surface area contributed by atoms with Crippen LogP contribution in [0.4, 0.5) is 4.79 Å². The second-order valence-corrected chi connectivity index (χ2v) is 5.26. The minimum atomic E-state index is -0.754. The van der Waals surface area contributed by atoms with Crippen molar-refractivity contribution in [2.24, 2.45) is 0 Å². The van der Waals surface area contributed by atoms with Crippen molar-refractivity contribution in [3.63, 3.8) is 0 Å². The summed E-state index contributed by atoms with van der Waals surface area (Å²) in [5, 5.41) is 2.69. The third kappa shape index (κ3) is 4.63. The summed E-state index contributed by atoms with van der Waals surface area (Å²) >= 11 is 0. The molecule has 0 spiro atoms. The Morgan fingerprint density at radius 3 is 2.75 bits per heavy atom. The number of nitrogens with one attached hydrogen (secondary N) is 3. The van der Waals surface area contributed by atoms with E-state index in [0.717, 1.165) is 4.90 Å². The lowest BCUT2D eigenvalue weighted by atomic mass is 10.2. The van der Waals surface area contributed by atoms with E-state index >= 15 is 0 Å². The summed E-state index contributed by atoms with van der Waals surface area (Å²) in [6, 6.07) is 7.08. The zero-order valence-corrected chi connectivity index (χ0v) is 13.7. The summed E-state index contributed by atoms with van der Waals surface area (Å²) in [6.07, 6.45) is -0.754. The molecular weight excluding hydrogens is 312 g/mol. The number of rotatable bonds is 6. The van der Waals surface area contributed by atoms with Gasteiger partial charge in [0.1, 0.15) is 6.54 Å². The first-order valence-corrected chi connectivity index (χ1v) is 7.81.